The number of hydrogen-bond acceptors (Lipinski definition) is 4. The maximum absolute atomic E-state index is 13.0. The number of halogens is 2. The van der Waals surface area contributed by atoms with Crippen LogP contribution in [0.25, 0.3) is 0 Å². The number of rotatable bonds is 5. The molecule has 0 fully saturated rings. The molecule has 4 nitrogen and oxygen atoms in total. The molecule has 0 amide bonds. The molecule has 1 heterocycles. The second-order valence-electron chi connectivity index (χ2n) is 3.96. The Morgan fingerprint density at radius 1 is 1.26 bits per heavy atom. The van der Waals surface area contributed by atoms with Gasteiger partial charge in [-0.25, -0.2) is 14.4 Å². The van der Waals surface area contributed by atoms with E-state index in [0.29, 0.717) is 23.9 Å². The van der Waals surface area contributed by atoms with E-state index in [1.165, 1.54) is 24.7 Å². The van der Waals surface area contributed by atoms with Gasteiger partial charge in [0.1, 0.15) is 17.2 Å². The maximum atomic E-state index is 13.0. The number of anilines is 2. The summed E-state index contributed by atoms with van der Waals surface area (Å²) >= 11 is 6.11. The number of hydrogen-bond donors (Lipinski definition) is 1. The highest BCUT2D eigenvalue weighted by atomic mass is 35.5. The van der Waals surface area contributed by atoms with Gasteiger partial charge in [-0.15, -0.1) is 0 Å². The van der Waals surface area contributed by atoms with E-state index < -0.39 is 0 Å². The molecule has 0 radical (unpaired) electrons. The third-order valence-electron chi connectivity index (χ3n) is 2.63. The fraction of sp³-hybridized carbons (Fsp3) is 0.231. The van der Waals surface area contributed by atoms with E-state index in [0.717, 1.165) is 12.1 Å². The minimum absolute atomic E-state index is 0.281. The van der Waals surface area contributed by atoms with Crippen molar-refractivity contribution in [2.75, 3.05) is 18.0 Å². The zero-order chi connectivity index (χ0) is 13.7. The van der Waals surface area contributed by atoms with Crippen LogP contribution in [-0.4, -0.2) is 23.1 Å². The van der Waals surface area contributed by atoms with Crippen molar-refractivity contribution in [3.8, 4) is 0 Å². The number of nitrogens with two attached hydrogens (primary N) is 1. The molecule has 6 heteroatoms. The summed E-state index contributed by atoms with van der Waals surface area (Å²) in [5.41, 5.74) is 6.36. The Kier molecular flexibility index (Phi) is 4.65. The topological polar surface area (TPSA) is 55.0 Å². The quantitative estimate of drug-likeness (QED) is 0.915. The minimum Gasteiger partial charge on any atom is -0.330 e. The molecule has 1 aromatic heterocycles. The van der Waals surface area contributed by atoms with E-state index in [2.05, 4.69) is 9.97 Å². The number of nitrogens with zero attached hydrogens (tertiary/aromatic N) is 3. The lowest BCUT2D eigenvalue weighted by atomic mass is 10.2. The molecular formula is C13H14ClFN4. The molecule has 0 unspecified atom stereocenters. The highest BCUT2D eigenvalue weighted by Crippen LogP contribution is 2.29. The molecule has 0 aliphatic carbocycles. The molecule has 0 aliphatic rings. The zero-order valence-corrected chi connectivity index (χ0v) is 11.0. The molecule has 2 N–H and O–H groups in total. The van der Waals surface area contributed by atoms with Gasteiger partial charge in [0.15, 0.2) is 5.82 Å². The summed E-state index contributed by atoms with van der Waals surface area (Å²) in [4.78, 5) is 9.94. The van der Waals surface area contributed by atoms with Crippen molar-refractivity contribution >= 4 is 23.1 Å². The summed E-state index contributed by atoms with van der Waals surface area (Å²) in [7, 11) is 0. The lowest BCUT2D eigenvalue weighted by Crippen LogP contribution is -2.22. The highest BCUT2D eigenvalue weighted by molar-refractivity contribution is 6.32. The summed E-state index contributed by atoms with van der Waals surface area (Å²) in [6.45, 7) is 1.21. The van der Waals surface area contributed by atoms with Crippen LogP contribution in [0.3, 0.4) is 0 Å². The van der Waals surface area contributed by atoms with Gasteiger partial charge in [0.05, 0.1) is 6.20 Å². The first-order valence-corrected chi connectivity index (χ1v) is 6.29. The predicted molar refractivity (Wildman–Crippen MR) is 74.1 cm³/mol. The smallest absolute Gasteiger partial charge is 0.155 e. The van der Waals surface area contributed by atoms with Crippen LogP contribution in [0.2, 0.25) is 5.02 Å². The summed E-state index contributed by atoms with van der Waals surface area (Å²) in [5.74, 6) is 0.313. The third kappa shape index (κ3) is 3.39. The molecule has 0 aliphatic heterocycles. The van der Waals surface area contributed by atoms with E-state index in [9.17, 15) is 4.39 Å². The first kappa shape index (κ1) is 13.7. The zero-order valence-electron chi connectivity index (χ0n) is 10.3. The SMILES string of the molecule is NCCCN(c1ccc(F)cc1)c1ncncc1Cl. The van der Waals surface area contributed by atoms with Crippen LogP contribution in [0.5, 0.6) is 0 Å². The van der Waals surface area contributed by atoms with Gasteiger partial charge in [-0.1, -0.05) is 11.6 Å². The van der Waals surface area contributed by atoms with Crippen molar-refractivity contribution in [1.82, 2.24) is 9.97 Å². The van der Waals surface area contributed by atoms with Gasteiger partial charge in [-0.05, 0) is 37.2 Å². The minimum atomic E-state index is -0.281. The third-order valence-corrected chi connectivity index (χ3v) is 2.89. The molecular weight excluding hydrogens is 267 g/mol. The van der Waals surface area contributed by atoms with Crippen LogP contribution >= 0.6 is 11.6 Å². The van der Waals surface area contributed by atoms with Gasteiger partial charge in [0.25, 0.3) is 0 Å². The second kappa shape index (κ2) is 6.45. The lowest BCUT2D eigenvalue weighted by Gasteiger charge is -2.24. The van der Waals surface area contributed by atoms with Crippen molar-refractivity contribution in [3.05, 3.63) is 47.6 Å². The number of benzene rings is 1. The Hall–Kier alpha value is -1.72. The fourth-order valence-electron chi connectivity index (χ4n) is 1.73. The Morgan fingerprint density at radius 2 is 2.00 bits per heavy atom. The van der Waals surface area contributed by atoms with E-state index >= 15 is 0 Å². The molecule has 19 heavy (non-hydrogen) atoms. The Morgan fingerprint density at radius 3 is 2.63 bits per heavy atom. The average molecular weight is 281 g/mol. The molecule has 100 valence electrons. The van der Waals surface area contributed by atoms with Gasteiger partial charge in [0.2, 0.25) is 0 Å². The largest absolute Gasteiger partial charge is 0.330 e. The van der Waals surface area contributed by atoms with Gasteiger partial charge >= 0.3 is 0 Å². The molecule has 0 saturated carbocycles. The Labute approximate surface area is 116 Å². The lowest BCUT2D eigenvalue weighted by molar-refractivity contribution is 0.627. The molecule has 0 atom stereocenters. The van der Waals surface area contributed by atoms with Gasteiger partial charge in [-0.3, -0.25) is 0 Å². The normalized spacial score (nSPS) is 10.5. The molecule has 2 aromatic rings. The Bertz CT molecular complexity index is 532. The van der Waals surface area contributed by atoms with Crippen molar-refractivity contribution < 1.29 is 4.39 Å². The molecule has 0 saturated heterocycles. The highest BCUT2D eigenvalue weighted by Gasteiger charge is 2.13. The van der Waals surface area contributed by atoms with Crippen LogP contribution in [0.1, 0.15) is 6.42 Å². The summed E-state index contributed by atoms with van der Waals surface area (Å²) in [6.07, 6.45) is 3.74. The van der Waals surface area contributed by atoms with E-state index in [1.807, 2.05) is 4.90 Å². The first-order chi connectivity index (χ1) is 9.22. The predicted octanol–water partition coefficient (Wildman–Crippen LogP) is 2.76. The van der Waals surface area contributed by atoms with Crippen molar-refractivity contribution in [3.63, 3.8) is 0 Å². The van der Waals surface area contributed by atoms with Crippen molar-refractivity contribution in [2.45, 2.75) is 6.42 Å². The fourth-order valence-corrected chi connectivity index (χ4v) is 1.94. The molecule has 2 rings (SSSR count). The maximum Gasteiger partial charge on any atom is 0.155 e. The van der Waals surface area contributed by atoms with Crippen LogP contribution in [0.4, 0.5) is 15.9 Å². The van der Waals surface area contributed by atoms with E-state index in [-0.39, 0.29) is 5.82 Å². The van der Waals surface area contributed by atoms with Gasteiger partial charge in [-0.2, -0.15) is 0 Å². The second-order valence-corrected chi connectivity index (χ2v) is 4.37. The average Bonchev–Trinajstić information content (AvgIpc) is 2.43. The van der Waals surface area contributed by atoms with Crippen LogP contribution < -0.4 is 10.6 Å². The number of aromatic nitrogens is 2. The monoisotopic (exact) mass is 280 g/mol. The summed E-state index contributed by atoms with van der Waals surface area (Å²) in [5, 5.41) is 0.448. The van der Waals surface area contributed by atoms with Crippen molar-refractivity contribution in [1.29, 1.82) is 0 Å². The summed E-state index contributed by atoms with van der Waals surface area (Å²) in [6, 6.07) is 6.17. The molecule has 1 aromatic carbocycles. The van der Waals surface area contributed by atoms with E-state index in [1.54, 1.807) is 12.1 Å². The summed E-state index contributed by atoms with van der Waals surface area (Å²) < 4.78 is 13.0. The molecule has 0 spiro atoms. The first-order valence-electron chi connectivity index (χ1n) is 5.91. The van der Waals surface area contributed by atoms with Gasteiger partial charge in [0, 0.05) is 12.2 Å². The van der Waals surface area contributed by atoms with Crippen LogP contribution in [0, 0.1) is 5.82 Å². The standard InChI is InChI=1S/C13H14ClFN4/c14-12-8-17-9-18-13(12)19(7-1-6-16)11-4-2-10(15)3-5-11/h2-5,8-9H,1,6-7,16H2. The van der Waals surface area contributed by atoms with E-state index in [4.69, 9.17) is 17.3 Å². The van der Waals surface area contributed by atoms with Crippen molar-refractivity contribution in [2.24, 2.45) is 5.73 Å². The molecule has 0 bridgehead atoms. The van der Waals surface area contributed by atoms with Crippen LogP contribution in [-0.2, 0) is 0 Å². The van der Waals surface area contributed by atoms with Crippen LogP contribution in [0.15, 0.2) is 36.8 Å². The van der Waals surface area contributed by atoms with Gasteiger partial charge < -0.3 is 10.6 Å². The Balaban J connectivity index is 2.35.